The van der Waals surface area contributed by atoms with E-state index in [2.05, 4.69) is 5.32 Å². The lowest BCUT2D eigenvalue weighted by molar-refractivity contribution is -0.154. The van der Waals surface area contributed by atoms with Crippen molar-refractivity contribution in [3.05, 3.63) is 30.1 Å². The predicted octanol–water partition coefficient (Wildman–Crippen LogP) is 1.77. The lowest BCUT2D eigenvalue weighted by Crippen LogP contribution is -2.38. The second kappa shape index (κ2) is 7.57. The van der Waals surface area contributed by atoms with Crippen molar-refractivity contribution in [2.75, 3.05) is 18.5 Å². The number of fused-ring (bicyclic) bond motifs is 5. The molecule has 3 amide bonds. The summed E-state index contributed by atoms with van der Waals surface area (Å²) in [5.74, 6) is -4.26. The van der Waals surface area contributed by atoms with E-state index in [9.17, 15) is 23.6 Å². The first-order valence-corrected chi connectivity index (χ1v) is 9.99. The van der Waals surface area contributed by atoms with Crippen molar-refractivity contribution in [2.24, 2.45) is 23.7 Å². The van der Waals surface area contributed by atoms with Gasteiger partial charge in [-0.3, -0.25) is 24.1 Å². The Hall–Kier alpha value is -2.19. The fourth-order valence-corrected chi connectivity index (χ4v) is 5.51. The highest BCUT2D eigenvalue weighted by atomic mass is 35.5. The van der Waals surface area contributed by atoms with Gasteiger partial charge < -0.3 is 10.1 Å². The molecule has 1 saturated heterocycles. The largest absolute Gasteiger partial charge is 0.454 e. The number of ether oxygens (including phenoxy) is 1. The third kappa shape index (κ3) is 3.48. The van der Waals surface area contributed by atoms with E-state index < -0.39 is 54.5 Å². The van der Waals surface area contributed by atoms with Crippen LogP contribution in [-0.2, 0) is 23.9 Å². The number of imide groups is 1. The van der Waals surface area contributed by atoms with Crippen LogP contribution in [0.15, 0.2) is 24.3 Å². The minimum Gasteiger partial charge on any atom is -0.454 e. The van der Waals surface area contributed by atoms with Gasteiger partial charge in [-0.25, -0.2) is 4.39 Å². The first-order valence-electron chi connectivity index (χ1n) is 9.12. The molecule has 0 unspecified atom stereocenters. The molecule has 1 aromatic rings. The highest BCUT2D eigenvalue weighted by Gasteiger charge is 2.66. The Balaban J connectivity index is 1.31. The van der Waals surface area contributed by atoms with E-state index in [4.69, 9.17) is 27.9 Å². The Labute approximate surface area is 175 Å². The maximum atomic E-state index is 12.9. The Morgan fingerprint density at radius 2 is 1.62 bits per heavy atom. The zero-order valence-electron chi connectivity index (χ0n) is 15.0. The second-order valence-corrected chi connectivity index (χ2v) is 8.49. The van der Waals surface area contributed by atoms with Gasteiger partial charge in [-0.15, -0.1) is 23.2 Å². The van der Waals surface area contributed by atoms with Crippen molar-refractivity contribution in [2.45, 2.75) is 17.2 Å². The molecule has 6 atom stereocenters. The molecule has 1 heterocycles. The Morgan fingerprint density at radius 3 is 2.17 bits per heavy atom. The normalized spacial score (nSPS) is 32.4. The van der Waals surface area contributed by atoms with Crippen molar-refractivity contribution in [3.8, 4) is 0 Å². The van der Waals surface area contributed by atoms with E-state index in [-0.39, 0.29) is 22.6 Å². The minimum atomic E-state index is -0.877. The number of anilines is 1. The van der Waals surface area contributed by atoms with E-state index in [0.717, 1.165) is 4.90 Å². The first kappa shape index (κ1) is 20.1. The molecule has 3 aliphatic rings. The molecule has 2 aliphatic carbocycles. The van der Waals surface area contributed by atoms with Crippen LogP contribution in [0.25, 0.3) is 0 Å². The van der Waals surface area contributed by atoms with E-state index >= 15 is 0 Å². The van der Waals surface area contributed by atoms with E-state index in [0.29, 0.717) is 12.1 Å². The fraction of sp³-hybridized carbons (Fsp3) is 0.474. The molecule has 3 fully saturated rings. The minimum absolute atomic E-state index is 0.173. The van der Waals surface area contributed by atoms with E-state index in [1.165, 1.54) is 24.3 Å². The molecule has 4 rings (SSSR count). The molecule has 1 aromatic carbocycles. The molecule has 2 bridgehead atoms. The van der Waals surface area contributed by atoms with Gasteiger partial charge in [-0.2, -0.15) is 0 Å². The third-order valence-electron chi connectivity index (χ3n) is 5.86. The number of halogens is 3. The molecule has 2 saturated carbocycles. The van der Waals surface area contributed by atoms with Crippen LogP contribution in [0.3, 0.4) is 0 Å². The summed E-state index contributed by atoms with van der Waals surface area (Å²) in [5.41, 5.74) is 0.340. The molecular weight excluding hydrogens is 426 g/mol. The van der Waals surface area contributed by atoms with E-state index in [1.807, 2.05) is 0 Å². The molecule has 154 valence electrons. The monoisotopic (exact) mass is 442 g/mol. The molecule has 7 nitrogen and oxygen atoms in total. The number of carbonyl (C=O) groups is 4. The number of nitrogens with one attached hydrogen (secondary N) is 1. The number of benzene rings is 1. The van der Waals surface area contributed by atoms with Crippen LogP contribution in [0.1, 0.15) is 6.42 Å². The Bertz CT molecular complexity index is 848. The summed E-state index contributed by atoms with van der Waals surface area (Å²) < 4.78 is 17.7. The number of hydrogen-bond donors (Lipinski definition) is 1. The van der Waals surface area contributed by atoms with Gasteiger partial charge in [0.25, 0.3) is 5.91 Å². The summed E-state index contributed by atoms with van der Waals surface area (Å²) >= 11 is 12.6. The molecular formula is C19H17Cl2FN2O5. The van der Waals surface area contributed by atoms with Crippen molar-refractivity contribution < 1.29 is 28.3 Å². The quantitative estimate of drug-likeness (QED) is 0.426. The van der Waals surface area contributed by atoms with Gasteiger partial charge in [0.1, 0.15) is 12.4 Å². The van der Waals surface area contributed by atoms with E-state index in [1.54, 1.807) is 0 Å². The highest BCUT2D eigenvalue weighted by molar-refractivity contribution is 6.31. The number of amides is 3. The lowest BCUT2D eigenvalue weighted by atomic mass is 9.80. The van der Waals surface area contributed by atoms with Crippen LogP contribution >= 0.6 is 23.2 Å². The zero-order chi connectivity index (χ0) is 20.9. The molecule has 0 spiro atoms. The maximum Gasteiger partial charge on any atom is 0.326 e. The number of rotatable bonds is 5. The number of esters is 1. The highest BCUT2D eigenvalue weighted by Crippen LogP contribution is 2.59. The molecule has 0 radical (unpaired) electrons. The summed E-state index contributed by atoms with van der Waals surface area (Å²) in [6, 6.07) is 5.07. The maximum absolute atomic E-state index is 12.9. The molecule has 1 aliphatic heterocycles. The number of hydrogen-bond acceptors (Lipinski definition) is 5. The summed E-state index contributed by atoms with van der Waals surface area (Å²) in [6.45, 7) is -1.16. The van der Waals surface area contributed by atoms with Gasteiger partial charge in [-0.1, -0.05) is 0 Å². The smallest absolute Gasteiger partial charge is 0.326 e. The zero-order valence-corrected chi connectivity index (χ0v) is 16.5. The number of alkyl halides is 2. The molecule has 10 heteroatoms. The topological polar surface area (TPSA) is 92.8 Å². The predicted molar refractivity (Wildman–Crippen MR) is 101 cm³/mol. The van der Waals surface area contributed by atoms with Gasteiger partial charge in [0.15, 0.2) is 6.61 Å². The van der Waals surface area contributed by atoms with Gasteiger partial charge in [0.2, 0.25) is 11.8 Å². The van der Waals surface area contributed by atoms with Crippen LogP contribution in [-0.4, -0.2) is 52.5 Å². The SMILES string of the molecule is O=C(COC(=O)CN1C(=O)[C@@H]2[C@H]3C[C@@H]([C@@H](Cl)[C@H]3Cl)[C@H]2C1=O)Nc1ccc(F)cc1. The molecule has 0 aromatic heterocycles. The number of likely N-dealkylation sites (tertiary alicyclic amines) is 1. The summed E-state index contributed by atoms with van der Waals surface area (Å²) in [4.78, 5) is 50.1. The lowest BCUT2D eigenvalue weighted by Gasteiger charge is -2.28. The van der Waals surface area contributed by atoms with Crippen LogP contribution in [0.4, 0.5) is 10.1 Å². The standard InChI is InChI=1S/C19H17Cl2FN2O5/c20-16-10-5-11(17(16)21)15-14(10)18(27)24(19(15)28)6-13(26)29-7-12(25)23-9-3-1-8(22)2-4-9/h1-4,10-11,14-17H,5-7H2,(H,23,25)/t10-,11-,14-,15-,16-,17+/m1/s1. The van der Waals surface area contributed by atoms with Crippen LogP contribution in [0, 0.1) is 29.5 Å². The summed E-state index contributed by atoms with van der Waals surface area (Å²) in [7, 11) is 0. The van der Waals surface area contributed by atoms with Gasteiger partial charge in [0.05, 0.1) is 22.6 Å². The van der Waals surface area contributed by atoms with Crippen molar-refractivity contribution in [3.63, 3.8) is 0 Å². The van der Waals surface area contributed by atoms with Gasteiger partial charge in [0, 0.05) is 5.69 Å². The Morgan fingerprint density at radius 1 is 1.07 bits per heavy atom. The second-order valence-electron chi connectivity index (χ2n) is 7.48. The van der Waals surface area contributed by atoms with Crippen LogP contribution in [0.5, 0.6) is 0 Å². The van der Waals surface area contributed by atoms with Crippen LogP contribution < -0.4 is 5.32 Å². The first-order chi connectivity index (χ1) is 13.8. The van der Waals surface area contributed by atoms with Gasteiger partial charge in [-0.05, 0) is 42.5 Å². The number of carbonyl (C=O) groups excluding carboxylic acids is 4. The summed E-state index contributed by atoms with van der Waals surface area (Å²) in [6.07, 6.45) is 0.636. The molecule has 29 heavy (non-hydrogen) atoms. The number of nitrogens with zero attached hydrogens (tertiary/aromatic N) is 1. The summed E-state index contributed by atoms with van der Waals surface area (Å²) in [5, 5.41) is 1.69. The Kier molecular flexibility index (Phi) is 5.25. The fourth-order valence-electron chi connectivity index (χ4n) is 4.62. The van der Waals surface area contributed by atoms with Crippen LogP contribution in [0.2, 0.25) is 0 Å². The van der Waals surface area contributed by atoms with Crippen molar-refractivity contribution in [1.29, 1.82) is 0 Å². The average molecular weight is 443 g/mol. The third-order valence-corrected chi connectivity index (χ3v) is 7.18. The van der Waals surface area contributed by atoms with Gasteiger partial charge >= 0.3 is 5.97 Å². The van der Waals surface area contributed by atoms with Crippen molar-refractivity contribution >= 4 is 52.6 Å². The van der Waals surface area contributed by atoms with Crippen molar-refractivity contribution in [1.82, 2.24) is 4.90 Å². The average Bonchev–Trinajstić information content (AvgIpc) is 3.29. The molecule has 1 N–H and O–H groups in total.